The van der Waals surface area contributed by atoms with Crippen LogP contribution in [0, 0.1) is 5.41 Å². The molecule has 1 aliphatic heterocycles. The fourth-order valence-electron chi connectivity index (χ4n) is 3.57. The lowest BCUT2D eigenvalue weighted by Gasteiger charge is -2.19. The number of alkyl halides is 3. The van der Waals surface area contributed by atoms with Crippen LogP contribution in [0.25, 0.3) is 0 Å². The van der Waals surface area contributed by atoms with Crippen molar-refractivity contribution in [1.82, 2.24) is 10.2 Å². The molecular weight excluding hydrogens is 397 g/mol. The van der Waals surface area contributed by atoms with Crippen molar-refractivity contribution in [1.29, 1.82) is 0 Å². The summed E-state index contributed by atoms with van der Waals surface area (Å²) in [6.07, 6.45) is -1.25. The van der Waals surface area contributed by atoms with Gasteiger partial charge in [-0.15, -0.1) is 0 Å². The van der Waals surface area contributed by atoms with Gasteiger partial charge in [0.25, 0.3) is 5.91 Å². The van der Waals surface area contributed by atoms with Gasteiger partial charge >= 0.3 is 6.18 Å². The molecule has 10 heteroatoms. The minimum Gasteiger partial charge on any atom is -0.347 e. The zero-order valence-corrected chi connectivity index (χ0v) is 15.9. The first-order valence-electron chi connectivity index (χ1n) is 8.51. The third kappa shape index (κ3) is 3.78. The highest BCUT2D eigenvalue weighted by Gasteiger charge is 2.56. The van der Waals surface area contributed by atoms with Crippen LogP contribution in [0.3, 0.4) is 0 Å². The first-order valence-corrected chi connectivity index (χ1v) is 10.4. The second-order valence-corrected chi connectivity index (χ2v) is 9.28. The van der Waals surface area contributed by atoms with Gasteiger partial charge in [-0.3, -0.25) is 9.59 Å². The summed E-state index contributed by atoms with van der Waals surface area (Å²) in [4.78, 5) is 25.3. The number of amides is 2. The van der Waals surface area contributed by atoms with Crippen molar-refractivity contribution in [2.45, 2.75) is 30.0 Å². The third-order valence-electron chi connectivity index (χ3n) is 5.27. The molecule has 1 aromatic rings. The number of halogens is 3. The molecule has 3 rings (SSSR count). The maximum atomic E-state index is 13.0. The van der Waals surface area contributed by atoms with Gasteiger partial charge in [0.15, 0.2) is 9.84 Å². The first kappa shape index (κ1) is 20.4. The number of hydrogen-bond acceptors (Lipinski definition) is 4. The number of rotatable bonds is 4. The summed E-state index contributed by atoms with van der Waals surface area (Å²) >= 11 is 0. The third-order valence-corrected chi connectivity index (χ3v) is 6.40. The van der Waals surface area contributed by atoms with Crippen molar-refractivity contribution >= 4 is 21.7 Å². The van der Waals surface area contributed by atoms with Crippen LogP contribution in [-0.4, -0.2) is 50.5 Å². The molecule has 2 aliphatic rings. The monoisotopic (exact) mass is 416 g/mol. The van der Waals surface area contributed by atoms with Gasteiger partial charge in [0.05, 0.1) is 22.1 Å². The van der Waals surface area contributed by atoms with Gasteiger partial charge < -0.3 is 10.2 Å². The molecule has 0 bridgehead atoms. The lowest BCUT2D eigenvalue weighted by atomic mass is 10.0. The predicted molar refractivity (Wildman–Crippen MR) is 94.3 cm³/mol. The highest BCUT2D eigenvalue weighted by molar-refractivity contribution is 7.90. The Bertz CT molecular complexity index is 952. The molecular formula is C18H19F3N2O4S. The average Bonchev–Trinajstić information content (AvgIpc) is 3.29. The van der Waals surface area contributed by atoms with E-state index in [2.05, 4.69) is 11.9 Å². The van der Waals surface area contributed by atoms with Gasteiger partial charge in [-0.25, -0.2) is 8.42 Å². The van der Waals surface area contributed by atoms with E-state index in [0.29, 0.717) is 18.7 Å². The van der Waals surface area contributed by atoms with Crippen LogP contribution in [0.1, 0.15) is 28.8 Å². The van der Waals surface area contributed by atoms with E-state index in [4.69, 9.17) is 0 Å². The molecule has 1 aromatic carbocycles. The summed E-state index contributed by atoms with van der Waals surface area (Å²) in [5.41, 5.74) is -1.71. The van der Waals surface area contributed by atoms with Gasteiger partial charge in [-0.05, 0) is 37.1 Å². The molecule has 1 aliphatic carbocycles. The zero-order chi connectivity index (χ0) is 20.9. The highest BCUT2D eigenvalue weighted by Crippen LogP contribution is 2.53. The molecule has 2 fully saturated rings. The Morgan fingerprint density at radius 1 is 1.32 bits per heavy atom. The number of nitrogens with zero attached hydrogens (tertiary/aromatic N) is 1. The molecule has 0 radical (unpaired) electrons. The van der Waals surface area contributed by atoms with Gasteiger partial charge in [0.2, 0.25) is 5.91 Å². The Hall–Kier alpha value is -2.36. The Kier molecular flexibility index (Phi) is 4.81. The van der Waals surface area contributed by atoms with Crippen LogP contribution >= 0.6 is 0 Å². The maximum Gasteiger partial charge on any atom is 0.416 e. The topological polar surface area (TPSA) is 83.6 Å². The normalized spacial score (nSPS) is 20.9. The molecule has 1 heterocycles. The Balaban J connectivity index is 1.93. The van der Waals surface area contributed by atoms with Gasteiger partial charge in [-0.1, -0.05) is 6.58 Å². The van der Waals surface area contributed by atoms with Crippen molar-refractivity contribution < 1.29 is 31.2 Å². The fraction of sp³-hybridized carbons (Fsp3) is 0.444. The molecule has 1 unspecified atom stereocenters. The number of benzene rings is 1. The quantitative estimate of drug-likeness (QED) is 0.762. The summed E-state index contributed by atoms with van der Waals surface area (Å²) < 4.78 is 63.0. The Labute approximate surface area is 160 Å². The molecule has 0 aromatic heterocycles. The molecule has 6 nitrogen and oxygen atoms in total. The van der Waals surface area contributed by atoms with Gasteiger partial charge in [0.1, 0.15) is 0 Å². The molecule has 2 amide bonds. The molecule has 1 saturated heterocycles. The Morgan fingerprint density at radius 3 is 2.46 bits per heavy atom. The summed E-state index contributed by atoms with van der Waals surface area (Å²) in [7, 11) is -4.07. The molecule has 1 N–H and O–H groups in total. The van der Waals surface area contributed by atoms with Crippen LogP contribution in [0.4, 0.5) is 13.2 Å². The minimum absolute atomic E-state index is 0.155. The number of sulfone groups is 1. The van der Waals surface area contributed by atoms with Gasteiger partial charge in [-0.2, -0.15) is 13.2 Å². The van der Waals surface area contributed by atoms with Crippen molar-refractivity contribution in [3.8, 4) is 0 Å². The van der Waals surface area contributed by atoms with Crippen molar-refractivity contribution in [3.63, 3.8) is 0 Å². The summed E-state index contributed by atoms with van der Waals surface area (Å²) in [6.45, 7) is 3.85. The van der Waals surface area contributed by atoms with E-state index in [0.717, 1.165) is 31.2 Å². The summed E-state index contributed by atoms with van der Waals surface area (Å²) in [6, 6.07) is 1.78. The molecule has 1 saturated carbocycles. The van der Waals surface area contributed by atoms with E-state index >= 15 is 0 Å². The number of nitrogens with one attached hydrogen (secondary N) is 1. The highest BCUT2D eigenvalue weighted by atomic mass is 32.2. The molecule has 152 valence electrons. The van der Waals surface area contributed by atoms with E-state index in [-0.39, 0.29) is 29.5 Å². The van der Waals surface area contributed by atoms with Crippen molar-refractivity contribution in [3.05, 3.63) is 42.0 Å². The average molecular weight is 416 g/mol. The standard InChI is InChI=1S/C18H19F3N2O4S/c1-3-15(24)22-14-9-23(10-17(14)6-7-17)16(25)12-5-4-11(18(19,20)21)8-13(12)28(2,26)27/h3-5,8,14H,1,6-7,9-10H2,2H3,(H,22,24). The van der Waals surface area contributed by atoms with Crippen LogP contribution in [0.2, 0.25) is 0 Å². The number of carbonyl (C=O) groups excluding carboxylic acids is 2. The maximum absolute atomic E-state index is 13.0. The van der Waals surface area contributed by atoms with Crippen molar-refractivity contribution in [2.75, 3.05) is 19.3 Å². The molecule has 28 heavy (non-hydrogen) atoms. The minimum atomic E-state index is -4.73. The van der Waals surface area contributed by atoms with Crippen LogP contribution in [-0.2, 0) is 20.8 Å². The van der Waals surface area contributed by atoms with E-state index in [1.54, 1.807) is 0 Å². The van der Waals surface area contributed by atoms with Gasteiger partial charge in [0, 0.05) is 24.8 Å². The number of hydrogen-bond donors (Lipinski definition) is 1. The zero-order valence-electron chi connectivity index (χ0n) is 15.0. The van der Waals surface area contributed by atoms with Crippen LogP contribution < -0.4 is 5.32 Å². The van der Waals surface area contributed by atoms with E-state index in [1.807, 2.05) is 0 Å². The molecule has 1 spiro atoms. The largest absolute Gasteiger partial charge is 0.416 e. The number of likely N-dealkylation sites (tertiary alicyclic amines) is 1. The van der Waals surface area contributed by atoms with Crippen LogP contribution in [0.5, 0.6) is 0 Å². The predicted octanol–water partition coefficient (Wildman–Crippen LogP) is 2.02. The van der Waals surface area contributed by atoms with E-state index < -0.39 is 32.4 Å². The molecule has 1 atom stereocenters. The fourth-order valence-corrected chi connectivity index (χ4v) is 4.47. The first-order chi connectivity index (χ1) is 12.9. The number of carbonyl (C=O) groups is 2. The summed E-state index contributed by atoms with van der Waals surface area (Å²) in [5, 5.41) is 2.77. The second kappa shape index (κ2) is 6.61. The van der Waals surface area contributed by atoms with E-state index in [9.17, 15) is 31.2 Å². The van der Waals surface area contributed by atoms with E-state index in [1.165, 1.54) is 4.90 Å². The van der Waals surface area contributed by atoms with Crippen molar-refractivity contribution in [2.24, 2.45) is 5.41 Å². The lowest BCUT2D eigenvalue weighted by molar-refractivity contribution is -0.137. The lowest BCUT2D eigenvalue weighted by Crippen LogP contribution is -2.41. The smallest absolute Gasteiger partial charge is 0.347 e. The second-order valence-electron chi connectivity index (χ2n) is 7.29. The SMILES string of the molecule is C=CC(=O)NC1CN(C(=O)c2ccc(C(F)(F)F)cc2S(C)(=O)=O)CC12CC2. The Morgan fingerprint density at radius 2 is 1.96 bits per heavy atom. The summed E-state index contributed by atoms with van der Waals surface area (Å²) in [5.74, 6) is -1.05. The van der Waals surface area contributed by atoms with Crippen LogP contribution in [0.15, 0.2) is 35.7 Å².